The molecule has 0 aliphatic carbocycles. The number of carbonyl (C=O) groups is 1. The molecule has 2 heterocycles. The van der Waals surface area contributed by atoms with E-state index in [1.165, 1.54) is 26.6 Å². The zero-order valence-corrected chi connectivity index (χ0v) is 14.8. The molecule has 0 amide bonds. The average molecular weight is 373 g/mol. The lowest BCUT2D eigenvalue weighted by molar-refractivity contribution is 0.103. The highest BCUT2D eigenvalue weighted by Gasteiger charge is 2.10. The number of thiazole rings is 1. The summed E-state index contributed by atoms with van der Waals surface area (Å²) in [4.78, 5) is 26.8. The number of furan rings is 1. The van der Waals surface area contributed by atoms with Crippen LogP contribution in [0.2, 0.25) is 0 Å². The maximum absolute atomic E-state index is 12.1. The van der Waals surface area contributed by atoms with Crippen LogP contribution in [0, 0.1) is 0 Å². The number of hydrogen-bond acceptors (Lipinski definition) is 7. The van der Waals surface area contributed by atoms with E-state index >= 15 is 0 Å². The van der Waals surface area contributed by atoms with Gasteiger partial charge in [-0.2, -0.15) is 0 Å². The molecular formula is C18H15NO6S. The summed E-state index contributed by atoms with van der Waals surface area (Å²) >= 11 is 1.13. The van der Waals surface area contributed by atoms with Crippen LogP contribution < -0.4 is 24.2 Å². The molecule has 0 unspecified atom stereocenters. The van der Waals surface area contributed by atoms with E-state index in [1.807, 2.05) is 0 Å². The number of aromatic hydroxyl groups is 1. The average Bonchev–Trinajstić information content (AvgIpc) is 3.27. The zero-order chi connectivity index (χ0) is 18.7. The Bertz CT molecular complexity index is 1080. The predicted molar refractivity (Wildman–Crippen MR) is 96.5 cm³/mol. The molecule has 3 aromatic rings. The molecule has 0 aliphatic heterocycles. The largest absolute Gasteiger partial charge is 0.502 e. The number of hydrogen-bond donors (Lipinski definition) is 2. The molecule has 0 aliphatic rings. The molecule has 0 radical (unpaired) electrons. The summed E-state index contributed by atoms with van der Waals surface area (Å²) in [6.07, 6.45) is 4.33. The van der Waals surface area contributed by atoms with Crippen molar-refractivity contribution in [3.05, 3.63) is 61.4 Å². The number of rotatable bonds is 5. The van der Waals surface area contributed by atoms with Gasteiger partial charge in [0.25, 0.3) is 5.56 Å². The minimum Gasteiger partial charge on any atom is -0.502 e. The Hall–Kier alpha value is -3.26. The first-order valence-corrected chi connectivity index (χ1v) is 8.29. The van der Waals surface area contributed by atoms with Gasteiger partial charge in [0.1, 0.15) is 0 Å². The Morgan fingerprint density at radius 2 is 1.96 bits per heavy atom. The summed E-state index contributed by atoms with van der Waals surface area (Å²) < 4.78 is 16.0. The van der Waals surface area contributed by atoms with E-state index in [1.54, 1.807) is 30.3 Å². The van der Waals surface area contributed by atoms with Gasteiger partial charge in [-0.1, -0.05) is 0 Å². The lowest BCUT2D eigenvalue weighted by Crippen LogP contribution is -2.20. The van der Waals surface area contributed by atoms with Gasteiger partial charge in [-0.15, -0.1) is 11.3 Å². The number of phenolic OH excluding ortho intramolecular Hbond substituents is 1. The Labute approximate surface area is 151 Å². The summed E-state index contributed by atoms with van der Waals surface area (Å²) in [5.74, 6) is 0.182. The number of methoxy groups -OCH3 is 2. The maximum atomic E-state index is 12.1. The maximum Gasteiger partial charge on any atom is 0.266 e. The molecule has 8 heteroatoms. The van der Waals surface area contributed by atoms with Crippen LogP contribution in [0.5, 0.6) is 17.2 Å². The molecule has 134 valence electrons. The summed E-state index contributed by atoms with van der Waals surface area (Å²) in [7, 11) is 2.84. The van der Waals surface area contributed by atoms with Crippen molar-refractivity contribution >= 4 is 29.3 Å². The summed E-state index contributed by atoms with van der Waals surface area (Å²) in [6, 6.07) is 6.32. The normalized spacial score (nSPS) is 12.4. The lowest BCUT2D eigenvalue weighted by atomic mass is 10.1. The number of ether oxygens (including phenoxy) is 2. The molecular weight excluding hydrogens is 358 g/mol. The highest BCUT2D eigenvalue weighted by molar-refractivity contribution is 7.07. The van der Waals surface area contributed by atoms with Crippen molar-refractivity contribution in [1.29, 1.82) is 0 Å². The van der Waals surface area contributed by atoms with E-state index in [4.69, 9.17) is 13.9 Å². The third kappa shape index (κ3) is 3.55. The second-order valence-electron chi connectivity index (χ2n) is 5.19. The summed E-state index contributed by atoms with van der Waals surface area (Å²) in [6.45, 7) is 0. The first-order valence-electron chi connectivity index (χ1n) is 7.47. The number of aromatic amines is 1. The molecule has 2 N–H and O–H groups in total. The molecule has 0 saturated carbocycles. The molecule has 0 spiro atoms. The van der Waals surface area contributed by atoms with Crippen molar-refractivity contribution in [2.45, 2.75) is 0 Å². The van der Waals surface area contributed by atoms with Crippen LogP contribution in [0.4, 0.5) is 0 Å². The van der Waals surface area contributed by atoms with Crippen molar-refractivity contribution in [3.8, 4) is 17.2 Å². The van der Waals surface area contributed by atoms with E-state index in [9.17, 15) is 14.7 Å². The van der Waals surface area contributed by atoms with Crippen molar-refractivity contribution in [2.24, 2.45) is 0 Å². The first kappa shape index (κ1) is 17.6. The summed E-state index contributed by atoms with van der Waals surface area (Å²) in [5.41, 5.74) is 0.271. The third-order valence-corrected chi connectivity index (χ3v) is 4.47. The number of carbonyl (C=O) groups excluding carboxylic acids is 1. The van der Waals surface area contributed by atoms with Crippen molar-refractivity contribution < 1.29 is 23.8 Å². The fourth-order valence-corrected chi connectivity index (χ4v) is 3.17. The van der Waals surface area contributed by atoms with Gasteiger partial charge < -0.3 is 24.0 Å². The number of H-pyrrole nitrogens is 1. The van der Waals surface area contributed by atoms with Crippen molar-refractivity contribution in [3.63, 3.8) is 0 Å². The monoisotopic (exact) mass is 373 g/mol. The topological polar surface area (TPSA) is 102 Å². The number of benzene rings is 1. The molecule has 0 saturated heterocycles. The minimum absolute atomic E-state index is 0.120. The number of ketones is 1. The molecule has 3 rings (SSSR count). The van der Waals surface area contributed by atoms with E-state index in [2.05, 4.69) is 4.98 Å². The fourth-order valence-electron chi connectivity index (χ4n) is 2.28. The molecule has 26 heavy (non-hydrogen) atoms. The number of aromatic nitrogens is 1. The Balaban J connectivity index is 2.05. The minimum atomic E-state index is -0.341. The third-order valence-electron chi connectivity index (χ3n) is 3.51. The van der Waals surface area contributed by atoms with Gasteiger partial charge in [-0.3, -0.25) is 9.59 Å². The van der Waals surface area contributed by atoms with E-state index < -0.39 is 0 Å². The van der Waals surface area contributed by atoms with E-state index in [0.717, 1.165) is 11.3 Å². The van der Waals surface area contributed by atoms with Crippen LogP contribution in [0.1, 0.15) is 16.1 Å². The van der Waals surface area contributed by atoms with Crippen LogP contribution in [0.15, 0.2) is 39.7 Å². The molecule has 1 aromatic carbocycles. The van der Waals surface area contributed by atoms with Gasteiger partial charge in [0.05, 0.1) is 29.7 Å². The van der Waals surface area contributed by atoms with E-state index in [0.29, 0.717) is 14.8 Å². The lowest BCUT2D eigenvalue weighted by Gasteiger charge is -2.09. The molecule has 7 nitrogen and oxygen atoms in total. The molecule has 0 fully saturated rings. The number of Topliss-reactive ketones (excluding diaryl/α,β-unsaturated/α-hetero) is 1. The number of phenols is 1. The van der Waals surface area contributed by atoms with Gasteiger partial charge in [0.15, 0.2) is 17.3 Å². The van der Waals surface area contributed by atoms with Gasteiger partial charge in [-0.25, -0.2) is 0 Å². The van der Waals surface area contributed by atoms with Gasteiger partial charge in [-0.05, 0) is 35.9 Å². The Morgan fingerprint density at radius 3 is 2.54 bits per heavy atom. The SMILES string of the molecule is COc1cc(C=c2sc(=CC(=O)c3ccco3)[nH]c2=O)cc(OC)c1O. The van der Waals surface area contributed by atoms with E-state index in [-0.39, 0.29) is 34.4 Å². The summed E-state index contributed by atoms with van der Waals surface area (Å²) in [5, 5.41) is 9.95. The molecule has 0 atom stereocenters. The van der Waals surface area contributed by atoms with Gasteiger partial charge in [0.2, 0.25) is 11.5 Å². The van der Waals surface area contributed by atoms with Gasteiger partial charge >= 0.3 is 0 Å². The highest BCUT2D eigenvalue weighted by Crippen LogP contribution is 2.37. The Morgan fingerprint density at radius 1 is 1.27 bits per heavy atom. The fraction of sp³-hybridized carbons (Fsp3) is 0.111. The first-order chi connectivity index (χ1) is 12.5. The zero-order valence-electron chi connectivity index (χ0n) is 13.9. The van der Waals surface area contributed by atoms with Crippen LogP contribution in [-0.2, 0) is 0 Å². The van der Waals surface area contributed by atoms with Crippen LogP contribution in [-0.4, -0.2) is 30.1 Å². The smallest absolute Gasteiger partial charge is 0.266 e. The van der Waals surface area contributed by atoms with Crippen LogP contribution >= 0.6 is 11.3 Å². The van der Waals surface area contributed by atoms with Gasteiger partial charge in [0, 0.05) is 6.08 Å². The number of nitrogens with one attached hydrogen (secondary N) is 1. The van der Waals surface area contributed by atoms with Crippen LogP contribution in [0.25, 0.3) is 12.2 Å². The van der Waals surface area contributed by atoms with Crippen molar-refractivity contribution in [1.82, 2.24) is 4.98 Å². The second-order valence-corrected chi connectivity index (χ2v) is 6.27. The predicted octanol–water partition coefficient (Wildman–Crippen LogP) is 1.24. The Kier molecular flexibility index (Phi) is 4.94. The van der Waals surface area contributed by atoms with Crippen molar-refractivity contribution in [2.75, 3.05) is 14.2 Å². The second kappa shape index (κ2) is 7.32. The highest BCUT2D eigenvalue weighted by atomic mass is 32.1. The van der Waals surface area contributed by atoms with Crippen LogP contribution in [0.3, 0.4) is 0 Å². The quantitative estimate of drug-likeness (QED) is 0.653. The molecule has 2 aromatic heterocycles. The molecule has 0 bridgehead atoms. The standard InChI is InChI=1S/C18H15NO6S/c1-23-13-6-10(7-14(24-2)17(13)21)8-15-18(22)19-16(26-15)9-11(20)12-4-3-5-25-12/h3-9,21H,1-2H3,(H,19,22).